The van der Waals surface area contributed by atoms with E-state index in [9.17, 15) is 18.0 Å². The molecule has 1 N–H and O–H groups in total. The summed E-state index contributed by atoms with van der Waals surface area (Å²) in [7, 11) is -2.07. The van der Waals surface area contributed by atoms with E-state index in [1.807, 2.05) is 39.0 Å². The number of hydrogen-bond acceptors (Lipinski definition) is 6. The van der Waals surface area contributed by atoms with Gasteiger partial charge in [0.15, 0.2) is 0 Å². The fourth-order valence-electron chi connectivity index (χ4n) is 5.17. The lowest BCUT2D eigenvalue weighted by Gasteiger charge is -2.41. The molecule has 2 heterocycles. The van der Waals surface area contributed by atoms with Crippen LogP contribution in [0.15, 0.2) is 58.6 Å². The van der Waals surface area contributed by atoms with Gasteiger partial charge in [0.05, 0.1) is 23.1 Å². The van der Waals surface area contributed by atoms with Gasteiger partial charge in [-0.15, -0.1) is 0 Å². The first-order valence-electron chi connectivity index (χ1n) is 12.9. The van der Waals surface area contributed by atoms with Crippen LogP contribution >= 0.6 is 11.6 Å². The number of benzene rings is 2. The number of sulfonamides is 1. The van der Waals surface area contributed by atoms with Crippen LogP contribution in [-0.2, 0) is 19.6 Å². The highest BCUT2D eigenvalue weighted by Crippen LogP contribution is 2.34. The van der Waals surface area contributed by atoms with Gasteiger partial charge in [-0.1, -0.05) is 35.4 Å². The van der Waals surface area contributed by atoms with Crippen molar-refractivity contribution in [1.29, 1.82) is 0 Å². The van der Waals surface area contributed by atoms with Gasteiger partial charge in [-0.25, -0.2) is 18.0 Å². The Morgan fingerprint density at radius 3 is 2.46 bits per heavy atom. The maximum atomic E-state index is 13.3. The Kier molecular flexibility index (Phi) is 8.70. The van der Waals surface area contributed by atoms with E-state index in [1.165, 1.54) is 21.3 Å². The topological polar surface area (TPSA) is 99.3 Å². The van der Waals surface area contributed by atoms with Crippen molar-refractivity contribution in [2.75, 3.05) is 39.8 Å². The van der Waals surface area contributed by atoms with Crippen molar-refractivity contribution in [2.24, 2.45) is 0 Å². The monoisotopic (exact) mass is 574 g/mol. The van der Waals surface area contributed by atoms with Gasteiger partial charge in [-0.3, -0.25) is 9.80 Å². The van der Waals surface area contributed by atoms with Gasteiger partial charge in [0, 0.05) is 50.0 Å². The zero-order chi connectivity index (χ0) is 28.5. The van der Waals surface area contributed by atoms with Crippen LogP contribution in [0, 0.1) is 13.8 Å². The van der Waals surface area contributed by atoms with E-state index in [-0.39, 0.29) is 30.1 Å². The lowest BCUT2D eigenvalue weighted by atomic mass is 9.90. The van der Waals surface area contributed by atoms with Crippen LogP contribution in [0.1, 0.15) is 36.6 Å². The van der Waals surface area contributed by atoms with Crippen LogP contribution in [0.25, 0.3) is 0 Å². The summed E-state index contributed by atoms with van der Waals surface area (Å²) in [5.74, 6) is -0.484. The highest BCUT2D eigenvalue weighted by atomic mass is 35.5. The second-order valence-corrected chi connectivity index (χ2v) is 12.4. The molecule has 0 radical (unpaired) electrons. The number of ether oxygens (including phenoxy) is 1. The van der Waals surface area contributed by atoms with Crippen LogP contribution < -0.4 is 5.32 Å². The third-order valence-electron chi connectivity index (χ3n) is 7.26. The number of hydrogen-bond donors (Lipinski definition) is 1. The number of likely N-dealkylation sites (N-methyl/N-ethyl adjacent to an activating group) is 1. The summed E-state index contributed by atoms with van der Waals surface area (Å²) in [6, 6.07) is 10.8. The molecular formula is C28H35ClN4O5S. The number of piperazine rings is 1. The number of nitrogens with one attached hydrogen (secondary N) is 1. The van der Waals surface area contributed by atoms with Crippen LogP contribution in [0.5, 0.6) is 0 Å². The Balaban J connectivity index is 1.65. The quantitative estimate of drug-likeness (QED) is 0.504. The summed E-state index contributed by atoms with van der Waals surface area (Å²) in [6.45, 7) is 9.14. The van der Waals surface area contributed by atoms with Crippen molar-refractivity contribution >= 4 is 33.6 Å². The minimum absolute atomic E-state index is 0.194. The molecule has 0 unspecified atom stereocenters. The molecule has 2 aliphatic rings. The molecule has 2 atom stereocenters. The van der Waals surface area contributed by atoms with Crippen LogP contribution in [0.3, 0.4) is 0 Å². The molecule has 0 bridgehead atoms. The Morgan fingerprint density at radius 1 is 1.13 bits per heavy atom. The van der Waals surface area contributed by atoms with Crippen molar-refractivity contribution in [3.63, 3.8) is 0 Å². The number of rotatable bonds is 7. The standard InChI is InChI=1S/C28H35ClN4O5S/c1-6-38-27(34)25-24(31(5)28(35)30-26(25)23-15-18(2)7-8-19(23)3)17-32-13-14-33(20(4)16-32)39(36,37)22-11-9-21(29)10-12-22/h7-12,15,20,26H,6,13-14,16-17H2,1-5H3,(H,30,35)/t20-,26-/m0/s1. The van der Waals surface area contributed by atoms with Gasteiger partial charge in [-0.05, 0) is 63.1 Å². The van der Waals surface area contributed by atoms with Crippen LogP contribution in [-0.4, -0.2) is 80.4 Å². The molecule has 210 valence electrons. The summed E-state index contributed by atoms with van der Waals surface area (Å²) < 4.78 is 33.6. The first-order valence-corrected chi connectivity index (χ1v) is 14.8. The number of nitrogens with zero attached hydrogens (tertiary/aromatic N) is 3. The smallest absolute Gasteiger partial charge is 0.338 e. The molecule has 4 rings (SSSR count). The van der Waals surface area contributed by atoms with Gasteiger partial charge in [0.25, 0.3) is 0 Å². The first kappa shape index (κ1) is 29.1. The molecule has 2 aromatic rings. The predicted octanol–water partition coefficient (Wildman–Crippen LogP) is 3.87. The number of carbonyl (C=O) groups is 2. The van der Waals surface area contributed by atoms with E-state index >= 15 is 0 Å². The molecule has 1 fully saturated rings. The molecule has 2 amide bonds. The first-order chi connectivity index (χ1) is 18.4. The Bertz CT molecular complexity index is 1390. The Labute approximate surface area is 235 Å². The molecule has 2 aromatic carbocycles. The van der Waals surface area contributed by atoms with E-state index < -0.39 is 22.0 Å². The number of urea groups is 1. The van der Waals surface area contributed by atoms with E-state index in [0.717, 1.165) is 16.7 Å². The average Bonchev–Trinajstić information content (AvgIpc) is 2.88. The maximum Gasteiger partial charge on any atom is 0.338 e. The van der Waals surface area contributed by atoms with Crippen molar-refractivity contribution in [1.82, 2.24) is 19.4 Å². The minimum atomic E-state index is -3.70. The molecular weight excluding hydrogens is 540 g/mol. The normalized spacial score (nSPS) is 21.2. The zero-order valence-corrected chi connectivity index (χ0v) is 24.5. The number of aryl methyl sites for hydroxylation is 2. The number of amides is 2. The van der Waals surface area contributed by atoms with E-state index in [1.54, 1.807) is 26.1 Å². The second kappa shape index (κ2) is 11.7. The fraction of sp³-hybridized carbons (Fsp3) is 0.429. The predicted molar refractivity (Wildman–Crippen MR) is 150 cm³/mol. The molecule has 0 aromatic heterocycles. The van der Waals surface area contributed by atoms with Crippen LogP contribution in [0.4, 0.5) is 4.79 Å². The lowest BCUT2D eigenvalue weighted by Crippen LogP contribution is -2.56. The number of esters is 1. The molecule has 0 aliphatic carbocycles. The number of halogens is 1. The zero-order valence-electron chi connectivity index (χ0n) is 22.9. The second-order valence-electron chi connectivity index (χ2n) is 10.0. The van der Waals surface area contributed by atoms with Crippen molar-refractivity contribution in [3.05, 3.63) is 75.4 Å². The van der Waals surface area contributed by atoms with Gasteiger partial charge >= 0.3 is 12.0 Å². The molecule has 0 saturated carbocycles. The summed E-state index contributed by atoms with van der Waals surface area (Å²) >= 11 is 5.94. The summed E-state index contributed by atoms with van der Waals surface area (Å²) in [4.78, 5) is 30.2. The maximum absolute atomic E-state index is 13.3. The molecule has 9 nitrogen and oxygen atoms in total. The summed E-state index contributed by atoms with van der Waals surface area (Å²) in [5.41, 5.74) is 3.73. The molecule has 39 heavy (non-hydrogen) atoms. The Hall–Kier alpha value is -2.92. The van der Waals surface area contributed by atoms with Crippen LogP contribution in [0.2, 0.25) is 5.02 Å². The van der Waals surface area contributed by atoms with Crippen molar-refractivity contribution < 1.29 is 22.7 Å². The molecule has 11 heteroatoms. The van der Waals surface area contributed by atoms with Gasteiger partial charge in [-0.2, -0.15) is 4.31 Å². The summed E-state index contributed by atoms with van der Waals surface area (Å²) in [6.07, 6.45) is 0. The van der Waals surface area contributed by atoms with Gasteiger partial charge in [0.1, 0.15) is 0 Å². The molecule has 0 spiro atoms. The lowest BCUT2D eigenvalue weighted by molar-refractivity contribution is -0.139. The average molecular weight is 575 g/mol. The van der Waals surface area contributed by atoms with Gasteiger partial charge < -0.3 is 10.1 Å². The molecule has 2 aliphatic heterocycles. The third-order valence-corrected chi connectivity index (χ3v) is 9.54. The fourth-order valence-corrected chi connectivity index (χ4v) is 6.91. The number of carbonyl (C=O) groups excluding carboxylic acids is 2. The minimum Gasteiger partial charge on any atom is -0.463 e. The van der Waals surface area contributed by atoms with E-state index in [4.69, 9.17) is 16.3 Å². The van der Waals surface area contributed by atoms with Gasteiger partial charge in [0.2, 0.25) is 10.0 Å². The largest absolute Gasteiger partial charge is 0.463 e. The highest BCUT2D eigenvalue weighted by molar-refractivity contribution is 7.89. The van der Waals surface area contributed by atoms with E-state index in [2.05, 4.69) is 10.2 Å². The Morgan fingerprint density at radius 2 is 1.82 bits per heavy atom. The SMILES string of the molecule is CCOC(=O)C1=C(CN2CCN(S(=O)(=O)c3ccc(Cl)cc3)[C@@H](C)C2)N(C)C(=O)N[C@H]1c1cc(C)ccc1C. The van der Waals surface area contributed by atoms with E-state index in [0.29, 0.717) is 35.9 Å². The third kappa shape index (κ3) is 5.99. The summed E-state index contributed by atoms with van der Waals surface area (Å²) in [5, 5.41) is 3.45. The van der Waals surface area contributed by atoms with Crippen molar-refractivity contribution in [3.8, 4) is 0 Å². The molecule has 1 saturated heterocycles. The van der Waals surface area contributed by atoms with Crippen molar-refractivity contribution in [2.45, 2.75) is 44.7 Å². The highest BCUT2D eigenvalue weighted by Gasteiger charge is 2.40.